The summed E-state index contributed by atoms with van der Waals surface area (Å²) in [6.45, 7) is 2.43. The Morgan fingerprint density at radius 3 is 2.73 bits per heavy atom. The van der Waals surface area contributed by atoms with Crippen LogP contribution in [0.2, 0.25) is 0 Å². The van der Waals surface area contributed by atoms with E-state index in [-0.39, 0.29) is 0 Å². The number of aromatic nitrogens is 3. The lowest BCUT2D eigenvalue weighted by Crippen LogP contribution is -2.02. The van der Waals surface area contributed by atoms with E-state index in [1.165, 1.54) is 0 Å². The standard InChI is InChI=1S/C19H20N4O2S/c1-3-17-21-22-19(26)23(17)20-12-15-10-7-11-16(24-2)18(15)25-13-14-8-5-4-6-9-14/h4-12H,3,13H2,1-2H3,(H,22,26)/b20-12-. The van der Waals surface area contributed by atoms with E-state index in [0.717, 1.165) is 23.4 Å². The highest BCUT2D eigenvalue weighted by Gasteiger charge is 2.10. The Labute approximate surface area is 157 Å². The van der Waals surface area contributed by atoms with Crippen LogP contribution in [-0.2, 0) is 13.0 Å². The van der Waals surface area contributed by atoms with Gasteiger partial charge in [-0.3, -0.25) is 5.10 Å². The number of benzene rings is 2. The molecule has 0 atom stereocenters. The fourth-order valence-electron chi connectivity index (χ4n) is 2.47. The predicted molar refractivity (Wildman–Crippen MR) is 104 cm³/mol. The summed E-state index contributed by atoms with van der Waals surface area (Å²) in [5.41, 5.74) is 1.87. The number of H-pyrrole nitrogens is 1. The van der Waals surface area contributed by atoms with Gasteiger partial charge in [0, 0.05) is 12.0 Å². The van der Waals surface area contributed by atoms with Gasteiger partial charge in [-0.1, -0.05) is 43.3 Å². The van der Waals surface area contributed by atoms with Crippen LogP contribution in [0.3, 0.4) is 0 Å². The summed E-state index contributed by atoms with van der Waals surface area (Å²) in [7, 11) is 1.62. The lowest BCUT2D eigenvalue weighted by molar-refractivity contribution is 0.284. The third-order valence-electron chi connectivity index (χ3n) is 3.80. The zero-order valence-corrected chi connectivity index (χ0v) is 15.5. The summed E-state index contributed by atoms with van der Waals surface area (Å²) in [4.78, 5) is 0. The van der Waals surface area contributed by atoms with Gasteiger partial charge in [0.15, 0.2) is 17.3 Å². The summed E-state index contributed by atoms with van der Waals surface area (Å²) in [6, 6.07) is 15.6. The van der Waals surface area contributed by atoms with Crippen molar-refractivity contribution >= 4 is 18.4 Å². The van der Waals surface area contributed by atoms with Crippen LogP contribution in [-0.4, -0.2) is 28.2 Å². The van der Waals surface area contributed by atoms with Crippen molar-refractivity contribution in [2.75, 3.05) is 7.11 Å². The molecule has 26 heavy (non-hydrogen) atoms. The Hall–Kier alpha value is -2.93. The zero-order chi connectivity index (χ0) is 18.4. The van der Waals surface area contributed by atoms with Crippen LogP contribution >= 0.6 is 12.2 Å². The number of para-hydroxylation sites is 1. The molecular formula is C19H20N4O2S. The van der Waals surface area contributed by atoms with Crippen molar-refractivity contribution in [3.05, 3.63) is 70.3 Å². The summed E-state index contributed by atoms with van der Waals surface area (Å²) in [6.07, 6.45) is 2.42. The number of ether oxygens (including phenoxy) is 2. The topological polar surface area (TPSA) is 64.4 Å². The Kier molecular flexibility index (Phi) is 5.80. The molecule has 0 aliphatic heterocycles. The molecular weight excluding hydrogens is 348 g/mol. The summed E-state index contributed by atoms with van der Waals surface area (Å²) < 4.78 is 13.5. The monoisotopic (exact) mass is 368 g/mol. The van der Waals surface area contributed by atoms with Crippen LogP contribution in [0, 0.1) is 4.77 Å². The van der Waals surface area contributed by atoms with Gasteiger partial charge in [-0.05, 0) is 29.9 Å². The highest BCUT2D eigenvalue weighted by atomic mass is 32.1. The van der Waals surface area contributed by atoms with E-state index in [2.05, 4.69) is 15.3 Å². The minimum absolute atomic E-state index is 0.438. The average Bonchev–Trinajstić information content (AvgIpc) is 3.05. The van der Waals surface area contributed by atoms with Crippen LogP contribution in [0.1, 0.15) is 23.9 Å². The van der Waals surface area contributed by atoms with Crippen LogP contribution < -0.4 is 9.47 Å². The number of methoxy groups -OCH3 is 1. The number of nitrogens with zero attached hydrogens (tertiary/aromatic N) is 3. The molecule has 0 aliphatic rings. The first kappa shape index (κ1) is 17.9. The molecule has 3 rings (SSSR count). The van der Waals surface area contributed by atoms with Gasteiger partial charge in [0.25, 0.3) is 0 Å². The molecule has 0 saturated heterocycles. The number of nitrogens with one attached hydrogen (secondary N) is 1. The fourth-order valence-corrected chi connectivity index (χ4v) is 2.67. The number of hydrogen-bond acceptors (Lipinski definition) is 5. The van der Waals surface area contributed by atoms with Gasteiger partial charge >= 0.3 is 0 Å². The van der Waals surface area contributed by atoms with Crippen LogP contribution in [0.15, 0.2) is 53.6 Å². The van der Waals surface area contributed by atoms with Gasteiger partial charge in [0.05, 0.1) is 13.3 Å². The molecule has 134 valence electrons. The van der Waals surface area contributed by atoms with Crippen molar-refractivity contribution in [3.63, 3.8) is 0 Å². The molecule has 0 bridgehead atoms. The molecule has 1 aromatic heterocycles. The SMILES string of the molecule is CCc1n[nH]c(=S)n1/N=C\c1cccc(OC)c1OCc1ccccc1. The molecule has 6 nitrogen and oxygen atoms in total. The van der Waals surface area contributed by atoms with Gasteiger partial charge in [-0.2, -0.15) is 14.9 Å². The van der Waals surface area contributed by atoms with Crippen molar-refractivity contribution in [1.29, 1.82) is 0 Å². The number of aromatic amines is 1. The minimum atomic E-state index is 0.438. The first-order valence-electron chi connectivity index (χ1n) is 8.27. The van der Waals surface area contributed by atoms with Crippen molar-refractivity contribution in [1.82, 2.24) is 14.9 Å². The number of hydrogen-bond donors (Lipinski definition) is 1. The molecule has 0 saturated carbocycles. The minimum Gasteiger partial charge on any atom is -0.493 e. The largest absolute Gasteiger partial charge is 0.493 e. The first-order chi connectivity index (χ1) is 12.7. The summed E-state index contributed by atoms with van der Waals surface area (Å²) in [5, 5.41) is 11.4. The Balaban J connectivity index is 1.90. The Morgan fingerprint density at radius 1 is 1.19 bits per heavy atom. The van der Waals surface area contributed by atoms with E-state index in [4.69, 9.17) is 21.7 Å². The average molecular weight is 368 g/mol. The van der Waals surface area contributed by atoms with E-state index in [9.17, 15) is 0 Å². The van der Waals surface area contributed by atoms with Crippen LogP contribution in [0.4, 0.5) is 0 Å². The normalized spacial score (nSPS) is 11.0. The maximum atomic E-state index is 6.03. The van der Waals surface area contributed by atoms with E-state index < -0.39 is 0 Å². The Bertz CT molecular complexity index is 948. The predicted octanol–water partition coefficient (Wildman–Crippen LogP) is 3.97. The maximum Gasteiger partial charge on any atom is 0.216 e. The second kappa shape index (κ2) is 8.44. The van der Waals surface area contributed by atoms with Crippen LogP contribution in [0.5, 0.6) is 11.5 Å². The number of rotatable bonds is 7. The van der Waals surface area contributed by atoms with E-state index >= 15 is 0 Å². The van der Waals surface area contributed by atoms with Gasteiger partial charge in [-0.25, -0.2) is 0 Å². The van der Waals surface area contributed by atoms with Crippen molar-refractivity contribution in [2.45, 2.75) is 20.0 Å². The lowest BCUT2D eigenvalue weighted by Gasteiger charge is -2.13. The summed E-state index contributed by atoms with van der Waals surface area (Å²) in [5.74, 6) is 2.05. The number of aryl methyl sites for hydroxylation is 1. The zero-order valence-electron chi connectivity index (χ0n) is 14.7. The molecule has 0 fully saturated rings. The molecule has 1 heterocycles. The van der Waals surface area contributed by atoms with E-state index in [0.29, 0.717) is 22.9 Å². The summed E-state index contributed by atoms with van der Waals surface area (Å²) >= 11 is 5.23. The van der Waals surface area contributed by atoms with Gasteiger partial charge in [0.2, 0.25) is 4.77 Å². The second-order valence-electron chi connectivity index (χ2n) is 5.51. The molecule has 0 radical (unpaired) electrons. The first-order valence-corrected chi connectivity index (χ1v) is 8.68. The molecule has 7 heteroatoms. The molecule has 2 aromatic carbocycles. The quantitative estimate of drug-likeness (QED) is 0.506. The molecule has 3 aromatic rings. The maximum absolute atomic E-state index is 6.03. The fraction of sp³-hybridized carbons (Fsp3) is 0.211. The smallest absolute Gasteiger partial charge is 0.216 e. The molecule has 0 amide bonds. The molecule has 0 spiro atoms. The molecule has 0 aliphatic carbocycles. The Morgan fingerprint density at radius 2 is 2.00 bits per heavy atom. The highest BCUT2D eigenvalue weighted by molar-refractivity contribution is 7.71. The lowest BCUT2D eigenvalue weighted by atomic mass is 10.2. The van der Waals surface area contributed by atoms with Gasteiger partial charge in [-0.15, -0.1) is 0 Å². The van der Waals surface area contributed by atoms with Gasteiger partial charge in [0.1, 0.15) is 6.61 Å². The highest BCUT2D eigenvalue weighted by Crippen LogP contribution is 2.30. The molecule has 1 N–H and O–H groups in total. The van der Waals surface area contributed by atoms with Crippen molar-refractivity contribution in [2.24, 2.45) is 5.10 Å². The van der Waals surface area contributed by atoms with Crippen LogP contribution in [0.25, 0.3) is 0 Å². The van der Waals surface area contributed by atoms with E-state index in [1.807, 2.05) is 55.5 Å². The third-order valence-corrected chi connectivity index (χ3v) is 4.07. The van der Waals surface area contributed by atoms with E-state index in [1.54, 1.807) is 18.0 Å². The van der Waals surface area contributed by atoms with Gasteiger partial charge < -0.3 is 9.47 Å². The third kappa shape index (κ3) is 4.00. The van der Waals surface area contributed by atoms with Crippen molar-refractivity contribution in [3.8, 4) is 11.5 Å². The molecule has 0 unspecified atom stereocenters. The van der Waals surface area contributed by atoms with Crippen molar-refractivity contribution < 1.29 is 9.47 Å². The second-order valence-corrected chi connectivity index (χ2v) is 5.89.